The summed E-state index contributed by atoms with van der Waals surface area (Å²) < 4.78 is 2.17. The summed E-state index contributed by atoms with van der Waals surface area (Å²) in [7, 11) is 1.97. The Labute approximate surface area is 113 Å². The number of hydrogen-bond donors (Lipinski definition) is 1. The van der Waals surface area contributed by atoms with Gasteiger partial charge in [0.25, 0.3) is 0 Å². The average molecular weight is 263 g/mol. The van der Waals surface area contributed by atoms with Crippen molar-refractivity contribution in [2.45, 2.75) is 37.6 Å². The van der Waals surface area contributed by atoms with Gasteiger partial charge in [0.15, 0.2) is 0 Å². The van der Waals surface area contributed by atoms with E-state index in [2.05, 4.69) is 42.8 Å². The zero-order chi connectivity index (χ0) is 13.1. The van der Waals surface area contributed by atoms with Crippen molar-refractivity contribution in [3.05, 3.63) is 30.1 Å². The van der Waals surface area contributed by atoms with Crippen LogP contribution in [0.4, 0.5) is 0 Å². The summed E-state index contributed by atoms with van der Waals surface area (Å²) in [5, 5.41) is 4.96. The van der Waals surface area contributed by atoms with E-state index in [1.807, 2.05) is 30.9 Å². The van der Waals surface area contributed by atoms with Crippen LogP contribution in [0.1, 0.15) is 26.5 Å². The predicted molar refractivity (Wildman–Crippen MR) is 78.1 cm³/mol. The fourth-order valence-electron chi connectivity index (χ4n) is 1.76. The Balaban J connectivity index is 2.39. The Morgan fingerprint density at radius 3 is 2.78 bits per heavy atom. The Bertz CT molecular complexity index is 519. The second-order valence-corrected chi connectivity index (χ2v) is 6.26. The number of nitrogens with zero attached hydrogens (tertiary/aromatic N) is 2. The first kappa shape index (κ1) is 13.4. The third-order valence-electron chi connectivity index (χ3n) is 3.17. The number of rotatable bonds is 5. The molecule has 0 aromatic carbocycles. The maximum absolute atomic E-state index is 4.74. The van der Waals surface area contributed by atoms with Gasteiger partial charge in [-0.1, -0.05) is 26.8 Å². The number of aromatic nitrogens is 2. The van der Waals surface area contributed by atoms with E-state index < -0.39 is 0 Å². The number of pyridine rings is 1. The lowest BCUT2D eigenvalue weighted by Gasteiger charge is -2.14. The molecule has 4 heteroatoms. The standard InChI is InChI=1S/C14H21N3S/c1-10(2)11(3)18-14-12(9-15-4)17-8-6-5-7-13(17)16-14/h5-8,10-11,15H,9H2,1-4H3. The van der Waals surface area contributed by atoms with Crippen molar-refractivity contribution < 1.29 is 0 Å². The van der Waals surface area contributed by atoms with Crippen molar-refractivity contribution in [2.24, 2.45) is 5.92 Å². The Hall–Kier alpha value is -1.00. The van der Waals surface area contributed by atoms with Crippen LogP contribution in [-0.4, -0.2) is 21.7 Å². The molecule has 0 spiro atoms. The lowest BCUT2D eigenvalue weighted by molar-refractivity contribution is 0.641. The van der Waals surface area contributed by atoms with Gasteiger partial charge in [-0.15, -0.1) is 11.8 Å². The minimum Gasteiger partial charge on any atom is -0.314 e. The first-order valence-corrected chi connectivity index (χ1v) is 7.28. The van der Waals surface area contributed by atoms with Crippen LogP contribution >= 0.6 is 11.8 Å². The van der Waals surface area contributed by atoms with E-state index in [1.165, 1.54) is 5.69 Å². The number of thioether (sulfide) groups is 1. The van der Waals surface area contributed by atoms with Crippen LogP contribution in [0.15, 0.2) is 29.4 Å². The Morgan fingerprint density at radius 2 is 2.11 bits per heavy atom. The summed E-state index contributed by atoms with van der Waals surface area (Å²) in [5.41, 5.74) is 2.28. The van der Waals surface area contributed by atoms with Gasteiger partial charge in [0, 0.05) is 18.0 Å². The molecule has 0 aliphatic rings. The first-order valence-electron chi connectivity index (χ1n) is 6.40. The quantitative estimate of drug-likeness (QED) is 0.840. The molecule has 2 rings (SSSR count). The van der Waals surface area contributed by atoms with Crippen LogP contribution in [0.5, 0.6) is 0 Å². The van der Waals surface area contributed by atoms with Crippen LogP contribution in [0.2, 0.25) is 0 Å². The van der Waals surface area contributed by atoms with Gasteiger partial charge < -0.3 is 9.72 Å². The molecule has 18 heavy (non-hydrogen) atoms. The maximum atomic E-state index is 4.74. The van der Waals surface area contributed by atoms with Crippen LogP contribution in [0, 0.1) is 5.92 Å². The van der Waals surface area contributed by atoms with Gasteiger partial charge in [0.05, 0.1) is 5.69 Å². The molecule has 1 atom stereocenters. The normalized spacial score (nSPS) is 13.4. The third kappa shape index (κ3) is 2.70. The van der Waals surface area contributed by atoms with Gasteiger partial charge >= 0.3 is 0 Å². The summed E-state index contributed by atoms with van der Waals surface area (Å²) in [5.74, 6) is 0.655. The molecule has 2 heterocycles. The average Bonchev–Trinajstić information content (AvgIpc) is 2.68. The van der Waals surface area contributed by atoms with Crippen molar-refractivity contribution in [3.63, 3.8) is 0 Å². The molecule has 2 aromatic rings. The summed E-state index contributed by atoms with van der Waals surface area (Å²) >= 11 is 1.87. The summed E-state index contributed by atoms with van der Waals surface area (Å²) in [4.78, 5) is 4.74. The van der Waals surface area contributed by atoms with Gasteiger partial charge in [0.2, 0.25) is 0 Å². The lowest BCUT2D eigenvalue weighted by atomic mass is 10.2. The van der Waals surface area contributed by atoms with E-state index in [4.69, 9.17) is 4.98 Å². The molecule has 1 N–H and O–H groups in total. The highest BCUT2D eigenvalue weighted by molar-refractivity contribution is 7.99. The second kappa shape index (κ2) is 5.76. The van der Waals surface area contributed by atoms with Crippen molar-refractivity contribution >= 4 is 17.4 Å². The molecular formula is C14H21N3S. The smallest absolute Gasteiger partial charge is 0.138 e. The second-order valence-electron chi connectivity index (χ2n) is 4.89. The summed E-state index contributed by atoms with van der Waals surface area (Å²) in [6.07, 6.45) is 2.08. The van der Waals surface area contributed by atoms with Gasteiger partial charge in [0.1, 0.15) is 10.7 Å². The van der Waals surface area contributed by atoms with Crippen LogP contribution in [-0.2, 0) is 6.54 Å². The number of nitrogens with one attached hydrogen (secondary N) is 1. The van der Waals surface area contributed by atoms with Crippen molar-refractivity contribution in [1.29, 1.82) is 0 Å². The van der Waals surface area contributed by atoms with Gasteiger partial charge in [-0.2, -0.15) is 0 Å². The SMILES string of the molecule is CNCc1c(SC(C)C(C)C)nc2ccccn12. The third-order valence-corrected chi connectivity index (χ3v) is 4.64. The minimum absolute atomic E-state index is 0.575. The van der Waals surface area contributed by atoms with Crippen molar-refractivity contribution in [3.8, 4) is 0 Å². The molecule has 0 fully saturated rings. The molecule has 0 radical (unpaired) electrons. The molecule has 3 nitrogen and oxygen atoms in total. The zero-order valence-electron chi connectivity index (χ0n) is 11.5. The highest BCUT2D eigenvalue weighted by atomic mass is 32.2. The number of hydrogen-bond acceptors (Lipinski definition) is 3. The Morgan fingerprint density at radius 1 is 1.33 bits per heavy atom. The van der Waals surface area contributed by atoms with Crippen LogP contribution < -0.4 is 5.32 Å². The van der Waals surface area contributed by atoms with E-state index in [0.29, 0.717) is 11.2 Å². The van der Waals surface area contributed by atoms with Crippen molar-refractivity contribution in [1.82, 2.24) is 14.7 Å². The van der Waals surface area contributed by atoms with Gasteiger partial charge in [-0.05, 0) is 25.1 Å². The highest BCUT2D eigenvalue weighted by Crippen LogP contribution is 2.30. The Kier molecular flexibility index (Phi) is 4.30. The minimum atomic E-state index is 0.575. The van der Waals surface area contributed by atoms with E-state index in [9.17, 15) is 0 Å². The highest BCUT2D eigenvalue weighted by Gasteiger charge is 2.16. The van der Waals surface area contributed by atoms with E-state index in [0.717, 1.165) is 17.2 Å². The lowest BCUT2D eigenvalue weighted by Crippen LogP contribution is -2.10. The molecule has 0 aliphatic heterocycles. The zero-order valence-corrected chi connectivity index (χ0v) is 12.3. The predicted octanol–water partition coefficient (Wildman–Crippen LogP) is 3.19. The van der Waals surface area contributed by atoms with Crippen molar-refractivity contribution in [2.75, 3.05) is 7.05 Å². The van der Waals surface area contributed by atoms with Gasteiger partial charge in [-0.25, -0.2) is 4.98 Å². The topological polar surface area (TPSA) is 29.3 Å². The van der Waals surface area contributed by atoms with E-state index in [-0.39, 0.29) is 0 Å². The molecule has 1 unspecified atom stereocenters. The van der Waals surface area contributed by atoms with E-state index >= 15 is 0 Å². The molecule has 0 amide bonds. The number of fused-ring (bicyclic) bond motifs is 1. The fraction of sp³-hybridized carbons (Fsp3) is 0.500. The maximum Gasteiger partial charge on any atom is 0.138 e. The summed E-state index contributed by atoms with van der Waals surface area (Å²) in [6, 6.07) is 6.14. The fourth-order valence-corrected chi connectivity index (χ4v) is 2.84. The summed E-state index contributed by atoms with van der Waals surface area (Å²) in [6.45, 7) is 7.62. The first-order chi connectivity index (χ1) is 8.63. The van der Waals surface area contributed by atoms with Crippen LogP contribution in [0.3, 0.4) is 0 Å². The largest absolute Gasteiger partial charge is 0.314 e. The molecule has 98 valence electrons. The molecule has 0 saturated carbocycles. The van der Waals surface area contributed by atoms with E-state index in [1.54, 1.807) is 0 Å². The van der Waals surface area contributed by atoms with Gasteiger partial charge in [-0.3, -0.25) is 0 Å². The van der Waals surface area contributed by atoms with Crippen LogP contribution in [0.25, 0.3) is 5.65 Å². The molecule has 2 aromatic heterocycles. The molecule has 0 bridgehead atoms. The molecular weight excluding hydrogens is 242 g/mol. The molecule has 0 aliphatic carbocycles. The number of imidazole rings is 1. The molecule has 0 saturated heterocycles. The monoisotopic (exact) mass is 263 g/mol.